The molecule has 1 aromatic heterocycles. The van der Waals surface area contributed by atoms with Gasteiger partial charge in [-0.1, -0.05) is 6.92 Å². The molecule has 1 amide bonds. The van der Waals surface area contributed by atoms with Crippen LogP contribution in [-0.2, 0) is 20.2 Å². The van der Waals surface area contributed by atoms with Crippen LogP contribution in [0, 0.1) is 0 Å². The van der Waals surface area contributed by atoms with Crippen molar-refractivity contribution in [3.8, 4) is 0 Å². The summed E-state index contributed by atoms with van der Waals surface area (Å²) in [6.07, 6.45) is 0.364. The summed E-state index contributed by atoms with van der Waals surface area (Å²) in [6.45, 7) is 5.50. The number of nitrogens with zero attached hydrogens (tertiary/aromatic N) is 1. The standard InChI is InChI=1S/C11H18ClN3O4S/c1-5-7-9(20(12,17)18)8(15-14-7)10(16)13-11(2,3)6-19-4/h5-6H2,1-4H3,(H,13,16)(H,14,15). The Morgan fingerprint density at radius 3 is 2.55 bits per heavy atom. The molecule has 1 heterocycles. The van der Waals surface area contributed by atoms with Crippen molar-refractivity contribution in [2.75, 3.05) is 13.7 Å². The molecule has 0 radical (unpaired) electrons. The maximum absolute atomic E-state index is 12.2. The van der Waals surface area contributed by atoms with Crippen LogP contribution in [0.5, 0.6) is 0 Å². The van der Waals surface area contributed by atoms with Crippen molar-refractivity contribution in [1.82, 2.24) is 15.5 Å². The molecule has 0 atom stereocenters. The first-order chi connectivity index (χ1) is 9.12. The summed E-state index contributed by atoms with van der Waals surface area (Å²) in [5.74, 6) is -0.623. The predicted octanol–water partition coefficient (Wildman–Crippen LogP) is 1.05. The van der Waals surface area contributed by atoms with Gasteiger partial charge < -0.3 is 10.1 Å². The Morgan fingerprint density at radius 1 is 1.50 bits per heavy atom. The van der Waals surface area contributed by atoms with Crippen molar-refractivity contribution in [2.24, 2.45) is 0 Å². The van der Waals surface area contributed by atoms with E-state index in [1.165, 1.54) is 7.11 Å². The van der Waals surface area contributed by atoms with Crippen LogP contribution in [0.1, 0.15) is 37.0 Å². The number of amides is 1. The van der Waals surface area contributed by atoms with E-state index in [1.807, 2.05) is 0 Å². The van der Waals surface area contributed by atoms with Crippen LogP contribution in [0.3, 0.4) is 0 Å². The average Bonchev–Trinajstić information content (AvgIpc) is 2.71. The minimum Gasteiger partial charge on any atom is -0.382 e. The van der Waals surface area contributed by atoms with Gasteiger partial charge in [0, 0.05) is 17.8 Å². The van der Waals surface area contributed by atoms with E-state index in [0.29, 0.717) is 12.1 Å². The van der Waals surface area contributed by atoms with Crippen LogP contribution in [0.4, 0.5) is 0 Å². The van der Waals surface area contributed by atoms with E-state index in [0.717, 1.165) is 0 Å². The molecule has 0 aliphatic heterocycles. The fourth-order valence-corrected chi connectivity index (χ4v) is 3.14. The summed E-state index contributed by atoms with van der Waals surface area (Å²) in [5, 5.41) is 8.93. The van der Waals surface area contributed by atoms with Gasteiger partial charge in [0.2, 0.25) is 0 Å². The van der Waals surface area contributed by atoms with Gasteiger partial charge in [-0.05, 0) is 20.3 Å². The zero-order chi connectivity index (χ0) is 15.6. The Balaban J connectivity index is 3.15. The minimum absolute atomic E-state index is 0.235. The smallest absolute Gasteiger partial charge is 0.273 e. The van der Waals surface area contributed by atoms with Gasteiger partial charge in [-0.3, -0.25) is 9.89 Å². The molecular formula is C11H18ClN3O4S. The molecule has 20 heavy (non-hydrogen) atoms. The Hall–Kier alpha value is -1.12. The van der Waals surface area contributed by atoms with E-state index >= 15 is 0 Å². The maximum atomic E-state index is 12.2. The van der Waals surface area contributed by atoms with Crippen molar-refractivity contribution >= 4 is 25.6 Å². The molecule has 0 aromatic carbocycles. The Labute approximate surface area is 122 Å². The molecule has 0 aliphatic rings. The van der Waals surface area contributed by atoms with Crippen molar-refractivity contribution in [3.05, 3.63) is 11.4 Å². The van der Waals surface area contributed by atoms with Crippen LogP contribution < -0.4 is 5.32 Å². The number of nitrogens with one attached hydrogen (secondary N) is 2. The SMILES string of the molecule is CCc1[nH]nc(C(=O)NC(C)(C)COC)c1S(=O)(=O)Cl. The fourth-order valence-electron chi connectivity index (χ4n) is 1.79. The van der Waals surface area contributed by atoms with Crippen LogP contribution in [0.2, 0.25) is 0 Å². The second kappa shape index (κ2) is 6.11. The molecular weight excluding hydrogens is 306 g/mol. The fraction of sp³-hybridized carbons (Fsp3) is 0.636. The van der Waals surface area contributed by atoms with E-state index in [2.05, 4.69) is 15.5 Å². The van der Waals surface area contributed by atoms with Gasteiger partial charge in [0.1, 0.15) is 4.90 Å². The highest BCUT2D eigenvalue weighted by molar-refractivity contribution is 8.13. The third-order valence-electron chi connectivity index (χ3n) is 2.56. The van der Waals surface area contributed by atoms with E-state index in [9.17, 15) is 13.2 Å². The zero-order valence-corrected chi connectivity index (χ0v) is 13.4. The first kappa shape index (κ1) is 16.9. The summed E-state index contributed by atoms with van der Waals surface area (Å²) >= 11 is 0. The quantitative estimate of drug-likeness (QED) is 0.762. The lowest BCUT2D eigenvalue weighted by Crippen LogP contribution is -2.47. The number of aryl methyl sites for hydroxylation is 1. The lowest BCUT2D eigenvalue weighted by atomic mass is 10.1. The van der Waals surface area contributed by atoms with Gasteiger partial charge in [-0.15, -0.1) is 0 Å². The molecule has 1 aromatic rings. The highest BCUT2D eigenvalue weighted by Gasteiger charge is 2.30. The Kier molecular flexibility index (Phi) is 5.17. The number of carbonyl (C=O) groups is 1. The normalized spacial score (nSPS) is 12.4. The third kappa shape index (κ3) is 3.94. The lowest BCUT2D eigenvalue weighted by Gasteiger charge is -2.24. The molecule has 7 nitrogen and oxygen atoms in total. The van der Waals surface area contributed by atoms with E-state index in [1.54, 1.807) is 20.8 Å². The average molecular weight is 324 g/mol. The number of hydrogen-bond donors (Lipinski definition) is 2. The maximum Gasteiger partial charge on any atom is 0.273 e. The second-order valence-corrected chi connectivity index (χ2v) is 7.45. The molecule has 0 saturated carbocycles. The highest BCUT2D eigenvalue weighted by Crippen LogP contribution is 2.23. The lowest BCUT2D eigenvalue weighted by molar-refractivity contribution is 0.0812. The zero-order valence-electron chi connectivity index (χ0n) is 11.8. The topological polar surface area (TPSA) is 101 Å². The summed E-state index contributed by atoms with van der Waals surface area (Å²) in [7, 11) is 2.82. The van der Waals surface area contributed by atoms with Crippen molar-refractivity contribution in [3.63, 3.8) is 0 Å². The Morgan fingerprint density at radius 2 is 2.10 bits per heavy atom. The van der Waals surface area contributed by atoms with E-state index < -0.39 is 20.5 Å². The molecule has 0 aliphatic carbocycles. The second-order valence-electron chi connectivity index (χ2n) is 4.94. The van der Waals surface area contributed by atoms with E-state index in [4.69, 9.17) is 15.4 Å². The van der Waals surface area contributed by atoms with Crippen molar-refractivity contribution < 1.29 is 17.9 Å². The summed E-state index contributed by atoms with van der Waals surface area (Å²) in [5.41, 5.74) is -0.597. The molecule has 0 unspecified atom stereocenters. The number of aromatic nitrogens is 2. The summed E-state index contributed by atoms with van der Waals surface area (Å²) in [6, 6.07) is 0. The first-order valence-corrected chi connectivity index (χ1v) is 8.26. The number of aromatic amines is 1. The molecule has 114 valence electrons. The van der Waals surface area contributed by atoms with Gasteiger partial charge in [-0.2, -0.15) is 5.10 Å². The predicted molar refractivity (Wildman–Crippen MR) is 74.4 cm³/mol. The van der Waals surface area contributed by atoms with Crippen molar-refractivity contribution in [2.45, 2.75) is 37.6 Å². The van der Waals surface area contributed by atoms with Gasteiger partial charge in [0.15, 0.2) is 5.69 Å². The Bertz CT molecular complexity index is 595. The van der Waals surface area contributed by atoms with Crippen LogP contribution >= 0.6 is 10.7 Å². The van der Waals surface area contributed by atoms with Gasteiger partial charge >= 0.3 is 0 Å². The molecule has 9 heteroatoms. The number of rotatable bonds is 6. The van der Waals surface area contributed by atoms with Gasteiger partial charge in [-0.25, -0.2) is 8.42 Å². The number of carbonyl (C=O) groups excluding carboxylic acids is 1. The minimum atomic E-state index is -4.06. The molecule has 0 fully saturated rings. The first-order valence-electron chi connectivity index (χ1n) is 5.95. The highest BCUT2D eigenvalue weighted by atomic mass is 35.7. The van der Waals surface area contributed by atoms with Gasteiger partial charge in [0.05, 0.1) is 17.8 Å². The summed E-state index contributed by atoms with van der Waals surface area (Å²) in [4.78, 5) is 11.9. The van der Waals surface area contributed by atoms with Gasteiger partial charge in [0.25, 0.3) is 15.0 Å². The molecule has 0 spiro atoms. The molecule has 0 saturated heterocycles. The molecule has 0 bridgehead atoms. The monoisotopic (exact) mass is 323 g/mol. The molecule has 1 rings (SSSR count). The third-order valence-corrected chi connectivity index (χ3v) is 3.95. The van der Waals surface area contributed by atoms with Crippen molar-refractivity contribution in [1.29, 1.82) is 0 Å². The number of H-pyrrole nitrogens is 1. The van der Waals surface area contributed by atoms with E-state index in [-0.39, 0.29) is 17.2 Å². The summed E-state index contributed by atoms with van der Waals surface area (Å²) < 4.78 is 28.2. The van der Waals surface area contributed by atoms with Crippen LogP contribution in [-0.4, -0.2) is 43.8 Å². The number of ether oxygens (including phenoxy) is 1. The number of methoxy groups -OCH3 is 1. The molecule has 2 N–H and O–H groups in total. The number of hydrogen-bond acceptors (Lipinski definition) is 5. The van der Waals surface area contributed by atoms with Crippen LogP contribution in [0.15, 0.2) is 4.90 Å². The number of halogens is 1. The largest absolute Gasteiger partial charge is 0.382 e. The van der Waals surface area contributed by atoms with Crippen LogP contribution in [0.25, 0.3) is 0 Å².